The largest absolute Gasteiger partial charge is 0.0914 e. The van der Waals surface area contributed by atoms with Gasteiger partial charge in [-0.05, 0) is 104 Å². The molecule has 2 aliphatic rings. The number of rotatable bonds is 5. The van der Waals surface area contributed by atoms with Crippen LogP contribution in [0.2, 0.25) is 0 Å². The van der Waals surface area contributed by atoms with Crippen LogP contribution < -0.4 is 0 Å². The van der Waals surface area contributed by atoms with Gasteiger partial charge >= 0.3 is 0 Å². The Balaban J connectivity index is 1.39. The molecule has 0 aliphatic heterocycles. The van der Waals surface area contributed by atoms with E-state index in [2.05, 4.69) is 68.5 Å². The minimum absolute atomic E-state index is 0.698. The predicted octanol–water partition coefficient (Wildman–Crippen LogP) is 7.76. The molecule has 0 nitrogen and oxygen atoms in total. The molecule has 0 N–H and O–H groups in total. The number of aryl methyl sites for hydroxylation is 2. The highest BCUT2D eigenvalue weighted by Crippen LogP contribution is 2.38. The Kier molecular flexibility index (Phi) is 6.35. The van der Waals surface area contributed by atoms with Crippen molar-refractivity contribution in [1.82, 2.24) is 0 Å². The van der Waals surface area contributed by atoms with Gasteiger partial charge in [0, 0.05) is 0 Å². The standard InChI is InChI=1S/C28H36/c1-3-5-21-7-10-23(11-8-21)24-13-15-25(16-14-24)27-18-17-26-19-22(6-4-2)9-12-28(26)20-27/h3,5,9,12-16,19,21,23,27H,4,6-8,10-11,17-18,20H2,1-2H3/b5-3+. The summed E-state index contributed by atoms with van der Waals surface area (Å²) in [6, 6.07) is 17.0. The van der Waals surface area contributed by atoms with Crippen molar-refractivity contribution in [3.05, 3.63) is 82.4 Å². The lowest BCUT2D eigenvalue weighted by Crippen LogP contribution is -2.14. The third kappa shape index (κ3) is 4.43. The average molecular weight is 373 g/mol. The zero-order chi connectivity index (χ0) is 19.3. The highest BCUT2D eigenvalue weighted by Gasteiger charge is 2.23. The van der Waals surface area contributed by atoms with Crippen LogP contribution in [-0.4, -0.2) is 0 Å². The zero-order valence-corrected chi connectivity index (χ0v) is 17.8. The lowest BCUT2D eigenvalue weighted by atomic mass is 9.77. The molecule has 1 fully saturated rings. The fraction of sp³-hybridized carbons (Fsp3) is 0.500. The minimum atomic E-state index is 0.698. The van der Waals surface area contributed by atoms with Crippen LogP contribution >= 0.6 is 0 Å². The fourth-order valence-electron chi connectivity index (χ4n) is 5.49. The molecule has 0 bridgehead atoms. The first-order valence-electron chi connectivity index (χ1n) is 11.6. The molecule has 1 unspecified atom stereocenters. The predicted molar refractivity (Wildman–Crippen MR) is 121 cm³/mol. The maximum Gasteiger partial charge on any atom is -0.0118 e. The van der Waals surface area contributed by atoms with E-state index in [0.717, 1.165) is 11.8 Å². The van der Waals surface area contributed by atoms with Gasteiger partial charge in [-0.25, -0.2) is 0 Å². The van der Waals surface area contributed by atoms with Crippen LogP contribution in [0.1, 0.15) is 92.0 Å². The first kappa shape index (κ1) is 19.5. The summed E-state index contributed by atoms with van der Waals surface area (Å²) in [6.07, 6.45) is 16.3. The van der Waals surface area contributed by atoms with Gasteiger partial charge in [0.25, 0.3) is 0 Å². The molecule has 2 aromatic carbocycles. The molecule has 0 aromatic heterocycles. The average Bonchev–Trinajstić information content (AvgIpc) is 2.75. The number of hydrogen-bond donors (Lipinski definition) is 0. The first-order chi connectivity index (χ1) is 13.8. The fourth-order valence-corrected chi connectivity index (χ4v) is 5.49. The van der Waals surface area contributed by atoms with Crippen molar-refractivity contribution in [1.29, 1.82) is 0 Å². The Hall–Kier alpha value is -1.82. The summed E-state index contributed by atoms with van der Waals surface area (Å²) >= 11 is 0. The van der Waals surface area contributed by atoms with E-state index in [1.807, 2.05) is 0 Å². The van der Waals surface area contributed by atoms with Gasteiger partial charge in [-0.15, -0.1) is 0 Å². The van der Waals surface area contributed by atoms with Gasteiger partial charge in [-0.3, -0.25) is 0 Å². The summed E-state index contributed by atoms with van der Waals surface area (Å²) in [7, 11) is 0. The minimum Gasteiger partial charge on any atom is -0.0914 e. The van der Waals surface area contributed by atoms with Gasteiger partial charge in [-0.2, -0.15) is 0 Å². The van der Waals surface area contributed by atoms with E-state index in [0.29, 0.717) is 5.92 Å². The van der Waals surface area contributed by atoms with Crippen molar-refractivity contribution in [2.45, 2.75) is 83.5 Å². The molecule has 0 saturated heterocycles. The quantitative estimate of drug-likeness (QED) is 0.470. The monoisotopic (exact) mass is 372 g/mol. The van der Waals surface area contributed by atoms with Gasteiger partial charge in [0.15, 0.2) is 0 Å². The van der Waals surface area contributed by atoms with Gasteiger partial charge < -0.3 is 0 Å². The molecule has 1 atom stereocenters. The van der Waals surface area contributed by atoms with E-state index in [9.17, 15) is 0 Å². The normalized spacial score (nSPS) is 25.0. The van der Waals surface area contributed by atoms with Crippen LogP contribution in [0.3, 0.4) is 0 Å². The van der Waals surface area contributed by atoms with Crippen LogP contribution in [0.5, 0.6) is 0 Å². The Morgan fingerprint density at radius 2 is 1.54 bits per heavy atom. The maximum atomic E-state index is 2.47. The van der Waals surface area contributed by atoms with E-state index >= 15 is 0 Å². The molecule has 148 valence electrons. The Labute approximate surface area is 172 Å². The summed E-state index contributed by atoms with van der Waals surface area (Å²) in [5.74, 6) is 2.30. The summed E-state index contributed by atoms with van der Waals surface area (Å²) < 4.78 is 0. The highest BCUT2D eigenvalue weighted by molar-refractivity contribution is 5.38. The molecule has 0 radical (unpaired) electrons. The summed E-state index contributed by atoms with van der Waals surface area (Å²) in [5, 5.41) is 0. The van der Waals surface area contributed by atoms with Crippen molar-refractivity contribution >= 4 is 0 Å². The second-order valence-electron chi connectivity index (χ2n) is 9.10. The second-order valence-corrected chi connectivity index (χ2v) is 9.10. The molecule has 0 amide bonds. The third-order valence-corrected chi connectivity index (χ3v) is 7.15. The van der Waals surface area contributed by atoms with Gasteiger partial charge in [-0.1, -0.05) is 68.0 Å². The van der Waals surface area contributed by atoms with Crippen LogP contribution in [0, 0.1) is 5.92 Å². The van der Waals surface area contributed by atoms with Crippen molar-refractivity contribution in [3.63, 3.8) is 0 Å². The molecular formula is C28H36. The SMILES string of the molecule is C/C=C/C1CCC(c2ccc(C3CCc4cc(CCC)ccc4C3)cc2)CC1. The number of benzene rings is 2. The van der Waals surface area contributed by atoms with E-state index in [1.54, 1.807) is 22.3 Å². The maximum absolute atomic E-state index is 2.47. The third-order valence-electron chi connectivity index (χ3n) is 7.15. The van der Waals surface area contributed by atoms with E-state index < -0.39 is 0 Å². The molecule has 2 aliphatic carbocycles. The van der Waals surface area contributed by atoms with E-state index in [1.165, 1.54) is 63.4 Å². The summed E-state index contributed by atoms with van der Waals surface area (Å²) in [5.41, 5.74) is 7.84. The van der Waals surface area contributed by atoms with Crippen LogP contribution in [-0.2, 0) is 19.3 Å². The lowest BCUT2D eigenvalue weighted by molar-refractivity contribution is 0.375. The van der Waals surface area contributed by atoms with Crippen molar-refractivity contribution in [2.75, 3.05) is 0 Å². The van der Waals surface area contributed by atoms with Crippen molar-refractivity contribution < 1.29 is 0 Å². The number of allylic oxidation sites excluding steroid dienone is 2. The molecule has 0 heteroatoms. The Morgan fingerprint density at radius 3 is 2.21 bits per heavy atom. The molecule has 28 heavy (non-hydrogen) atoms. The summed E-state index contributed by atoms with van der Waals surface area (Å²) in [6.45, 7) is 4.42. The molecule has 2 aromatic rings. The zero-order valence-electron chi connectivity index (χ0n) is 17.8. The molecule has 0 spiro atoms. The lowest BCUT2D eigenvalue weighted by Gasteiger charge is -2.28. The molecule has 1 saturated carbocycles. The second kappa shape index (κ2) is 9.12. The molecule has 4 rings (SSSR count). The number of fused-ring (bicyclic) bond motifs is 1. The van der Waals surface area contributed by atoms with Gasteiger partial charge in [0.05, 0.1) is 0 Å². The summed E-state index contributed by atoms with van der Waals surface area (Å²) in [4.78, 5) is 0. The van der Waals surface area contributed by atoms with Crippen LogP contribution in [0.15, 0.2) is 54.6 Å². The Morgan fingerprint density at radius 1 is 0.821 bits per heavy atom. The van der Waals surface area contributed by atoms with E-state index in [4.69, 9.17) is 0 Å². The number of hydrogen-bond acceptors (Lipinski definition) is 0. The van der Waals surface area contributed by atoms with Crippen LogP contribution in [0.4, 0.5) is 0 Å². The highest BCUT2D eigenvalue weighted by atomic mass is 14.3. The van der Waals surface area contributed by atoms with Gasteiger partial charge in [0.2, 0.25) is 0 Å². The van der Waals surface area contributed by atoms with Gasteiger partial charge in [0.1, 0.15) is 0 Å². The van der Waals surface area contributed by atoms with E-state index in [-0.39, 0.29) is 0 Å². The topological polar surface area (TPSA) is 0 Å². The Bertz CT molecular complexity index is 787. The van der Waals surface area contributed by atoms with Crippen molar-refractivity contribution in [3.8, 4) is 0 Å². The smallest absolute Gasteiger partial charge is 0.0118 e. The van der Waals surface area contributed by atoms with Crippen molar-refractivity contribution in [2.24, 2.45) is 5.92 Å². The first-order valence-corrected chi connectivity index (χ1v) is 11.6. The molecular weight excluding hydrogens is 336 g/mol. The molecule has 0 heterocycles. The van der Waals surface area contributed by atoms with Crippen LogP contribution in [0.25, 0.3) is 0 Å².